The first kappa shape index (κ1) is 16.4. The summed E-state index contributed by atoms with van der Waals surface area (Å²) in [6.45, 7) is 6.46. The summed E-state index contributed by atoms with van der Waals surface area (Å²) in [6, 6.07) is 3.29. The maximum absolute atomic E-state index is 12.2. The largest absolute Gasteiger partial charge is 0.444 e. The first-order chi connectivity index (χ1) is 9.67. The summed E-state index contributed by atoms with van der Waals surface area (Å²) in [4.78, 5) is 13.9. The smallest absolute Gasteiger partial charge is 0.410 e. The zero-order valence-electron chi connectivity index (χ0n) is 12.5. The molecule has 4 nitrogen and oxygen atoms in total. The number of fused-ring (bicyclic) bond motifs is 1. The summed E-state index contributed by atoms with van der Waals surface area (Å²) in [5, 5.41) is 1.09. The predicted molar refractivity (Wildman–Crippen MR) is 84.7 cm³/mol. The molecule has 0 bridgehead atoms. The third-order valence-electron chi connectivity index (χ3n) is 3.27. The van der Waals surface area contributed by atoms with Crippen molar-refractivity contribution in [3.63, 3.8) is 0 Å². The van der Waals surface area contributed by atoms with E-state index in [9.17, 15) is 4.79 Å². The van der Waals surface area contributed by atoms with E-state index in [1.54, 1.807) is 11.0 Å². The second-order valence-electron chi connectivity index (χ2n) is 6.26. The number of rotatable bonds is 0. The van der Waals surface area contributed by atoms with Crippen molar-refractivity contribution in [3.8, 4) is 0 Å². The quantitative estimate of drug-likeness (QED) is 0.777. The number of halogens is 2. The third kappa shape index (κ3) is 4.02. The molecule has 1 aliphatic heterocycles. The zero-order chi connectivity index (χ0) is 15.8. The highest BCUT2D eigenvalue weighted by Gasteiger charge is 2.28. The van der Waals surface area contributed by atoms with Gasteiger partial charge in [-0.2, -0.15) is 0 Å². The van der Waals surface area contributed by atoms with Crippen LogP contribution in [0.3, 0.4) is 0 Å². The van der Waals surface area contributed by atoms with E-state index in [0.717, 1.165) is 11.1 Å². The molecule has 0 spiro atoms. The molecule has 1 unspecified atom stereocenters. The highest BCUT2D eigenvalue weighted by Crippen LogP contribution is 2.34. The first-order valence-electron chi connectivity index (χ1n) is 6.88. The molecule has 0 fully saturated rings. The first-order valence-corrected chi connectivity index (χ1v) is 7.64. The Balaban J connectivity index is 2.29. The van der Waals surface area contributed by atoms with Gasteiger partial charge < -0.3 is 15.4 Å². The van der Waals surface area contributed by atoms with Gasteiger partial charge >= 0.3 is 6.09 Å². The van der Waals surface area contributed by atoms with Gasteiger partial charge in [0, 0.05) is 29.2 Å². The molecule has 21 heavy (non-hydrogen) atoms. The van der Waals surface area contributed by atoms with E-state index in [0.29, 0.717) is 29.6 Å². The summed E-state index contributed by atoms with van der Waals surface area (Å²) in [5.74, 6) is 0. The van der Waals surface area contributed by atoms with Gasteiger partial charge in [-0.3, -0.25) is 0 Å². The van der Waals surface area contributed by atoms with E-state index < -0.39 is 5.60 Å². The van der Waals surface area contributed by atoms with Crippen LogP contribution in [0.25, 0.3) is 0 Å². The van der Waals surface area contributed by atoms with Crippen LogP contribution in [0, 0.1) is 0 Å². The molecule has 1 amide bonds. The molecule has 1 aliphatic rings. The molecule has 0 aliphatic carbocycles. The Morgan fingerprint density at radius 3 is 2.67 bits per heavy atom. The van der Waals surface area contributed by atoms with Crippen LogP contribution in [-0.4, -0.2) is 23.1 Å². The third-order valence-corrected chi connectivity index (χ3v) is 3.80. The average Bonchev–Trinajstić information content (AvgIpc) is 2.46. The lowest BCUT2D eigenvalue weighted by Crippen LogP contribution is -2.36. The minimum absolute atomic E-state index is 0.211. The van der Waals surface area contributed by atoms with Crippen molar-refractivity contribution in [2.24, 2.45) is 5.73 Å². The highest BCUT2D eigenvalue weighted by molar-refractivity contribution is 6.35. The second-order valence-corrected chi connectivity index (χ2v) is 7.10. The van der Waals surface area contributed by atoms with Crippen molar-refractivity contribution in [2.45, 2.75) is 45.4 Å². The number of nitrogens with two attached hydrogens (primary N) is 1. The van der Waals surface area contributed by atoms with E-state index in [-0.39, 0.29) is 12.1 Å². The Hall–Kier alpha value is -0.970. The molecule has 1 atom stereocenters. The molecule has 0 saturated heterocycles. The standard InChI is InChI=1S/C15H20Cl2N2O2/c1-15(2,3)21-14(20)19-5-4-12(18)13-9(8-19)6-10(16)7-11(13)17/h6-7,12H,4-5,8,18H2,1-3H3. The van der Waals surface area contributed by atoms with E-state index in [2.05, 4.69) is 0 Å². The summed E-state index contributed by atoms with van der Waals surface area (Å²) in [5.41, 5.74) is 7.40. The molecule has 116 valence electrons. The predicted octanol–water partition coefficient (Wildman–Crippen LogP) is 4.13. The average molecular weight is 331 g/mol. The number of amides is 1. The molecular formula is C15H20Cl2N2O2. The van der Waals surface area contributed by atoms with E-state index in [1.165, 1.54) is 0 Å². The number of carbonyl (C=O) groups is 1. The lowest BCUT2D eigenvalue weighted by Gasteiger charge is -2.26. The topological polar surface area (TPSA) is 55.6 Å². The van der Waals surface area contributed by atoms with Gasteiger partial charge in [-0.15, -0.1) is 0 Å². The molecule has 0 aromatic heterocycles. The molecule has 6 heteroatoms. The van der Waals surface area contributed by atoms with Gasteiger partial charge in [0.05, 0.1) is 0 Å². The fourth-order valence-electron chi connectivity index (χ4n) is 2.39. The summed E-state index contributed by atoms with van der Waals surface area (Å²) in [6.07, 6.45) is 0.284. The van der Waals surface area contributed by atoms with Gasteiger partial charge in [0.1, 0.15) is 5.60 Å². The monoisotopic (exact) mass is 330 g/mol. The number of hydrogen-bond donors (Lipinski definition) is 1. The van der Waals surface area contributed by atoms with Gasteiger partial charge in [0.2, 0.25) is 0 Å². The van der Waals surface area contributed by atoms with Gasteiger partial charge in [-0.1, -0.05) is 23.2 Å². The Morgan fingerprint density at radius 1 is 1.38 bits per heavy atom. The summed E-state index contributed by atoms with van der Waals surface area (Å²) in [7, 11) is 0. The normalized spacial score (nSPS) is 19.0. The van der Waals surface area contributed by atoms with Crippen molar-refractivity contribution in [1.29, 1.82) is 0 Å². The van der Waals surface area contributed by atoms with Crippen LogP contribution in [-0.2, 0) is 11.3 Å². The van der Waals surface area contributed by atoms with Crippen LogP contribution < -0.4 is 5.73 Å². The molecule has 1 heterocycles. The second kappa shape index (κ2) is 6.03. The lowest BCUT2D eigenvalue weighted by molar-refractivity contribution is 0.0235. The van der Waals surface area contributed by atoms with Gasteiger partial charge in [-0.05, 0) is 50.5 Å². The molecule has 2 rings (SSSR count). The van der Waals surface area contributed by atoms with Crippen molar-refractivity contribution < 1.29 is 9.53 Å². The van der Waals surface area contributed by atoms with Crippen molar-refractivity contribution in [3.05, 3.63) is 33.3 Å². The molecule has 2 N–H and O–H groups in total. The van der Waals surface area contributed by atoms with Gasteiger partial charge in [0.25, 0.3) is 0 Å². The van der Waals surface area contributed by atoms with Gasteiger partial charge in [-0.25, -0.2) is 4.79 Å². The Bertz CT molecular complexity index is 555. The summed E-state index contributed by atoms with van der Waals surface area (Å²) < 4.78 is 5.42. The Labute approximate surface area is 135 Å². The maximum atomic E-state index is 12.2. The molecular weight excluding hydrogens is 311 g/mol. The Kier molecular flexibility index (Phi) is 4.71. The number of hydrogen-bond acceptors (Lipinski definition) is 3. The van der Waals surface area contributed by atoms with E-state index in [1.807, 2.05) is 26.8 Å². The lowest BCUT2D eigenvalue weighted by atomic mass is 10.00. The summed E-state index contributed by atoms with van der Waals surface area (Å²) >= 11 is 12.3. The SMILES string of the molecule is CC(C)(C)OC(=O)N1CCC(N)c2c(Cl)cc(Cl)cc2C1. The van der Waals surface area contributed by atoms with Crippen LogP contribution in [0.4, 0.5) is 4.79 Å². The number of benzene rings is 1. The molecule has 0 radical (unpaired) electrons. The fourth-order valence-corrected chi connectivity index (χ4v) is 3.07. The van der Waals surface area contributed by atoms with Crippen LogP contribution in [0.5, 0.6) is 0 Å². The number of ether oxygens (including phenoxy) is 1. The van der Waals surface area contributed by atoms with E-state index in [4.69, 9.17) is 33.7 Å². The van der Waals surface area contributed by atoms with Crippen molar-refractivity contribution in [1.82, 2.24) is 4.90 Å². The van der Waals surface area contributed by atoms with Crippen LogP contribution in [0.15, 0.2) is 12.1 Å². The van der Waals surface area contributed by atoms with E-state index >= 15 is 0 Å². The minimum Gasteiger partial charge on any atom is -0.444 e. The molecule has 1 aromatic carbocycles. The Morgan fingerprint density at radius 2 is 2.05 bits per heavy atom. The van der Waals surface area contributed by atoms with Crippen molar-refractivity contribution >= 4 is 29.3 Å². The fraction of sp³-hybridized carbons (Fsp3) is 0.533. The zero-order valence-corrected chi connectivity index (χ0v) is 14.0. The van der Waals surface area contributed by atoms with Crippen LogP contribution >= 0.6 is 23.2 Å². The maximum Gasteiger partial charge on any atom is 0.410 e. The van der Waals surface area contributed by atoms with Crippen LogP contribution in [0.1, 0.15) is 44.4 Å². The minimum atomic E-state index is -0.527. The number of nitrogens with zero attached hydrogens (tertiary/aromatic N) is 1. The number of carbonyl (C=O) groups excluding carboxylic acids is 1. The van der Waals surface area contributed by atoms with Gasteiger partial charge in [0.15, 0.2) is 0 Å². The van der Waals surface area contributed by atoms with Crippen molar-refractivity contribution in [2.75, 3.05) is 6.54 Å². The molecule has 0 saturated carbocycles. The molecule has 1 aromatic rings. The van der Waals surface area contributed by atoms with Crippen LogP contribution in [0.2, 0.25) is 10.0 Å². The highest BCUT2D eigenvalue weighted by atomic mass is 35.5.